The molecule has 0 fully saturated rings. The second kappa shape index (κ2) is 4.91. The van der Waals surface area contributed by atoms with Crippen molar-refractivity contribution in [2.24, 2.45) is 0 Å². The van der Waals surface area contributed by atoms with Crippen LogP contribution in [0.1, 0.15) is 11.1 Å². The summed E-state index contributed by atoms with van der Waals surface area (Å²) in [5.41, 5.74) is 0.211. The van der Waals surface area contributed by atoms with Crippen molar-refractivity contribution >= 4 is 28.9 Å². The van der Waals surface area contributed by atoms with E-state index in [0.29, 0.717) is 28.8 Å². The zero-order chi connectivity index (χ0) is 17.1. The zero-order valence-corrected chi connectivity index (χ0v) is 12.8. The molecular weight excluding hydrogens is 341 g/mol. The molecule has 3 aromatic rings. The van der Waals surface area contributed by atoms with E-state index in [1.54, 1.807) is 16.7 Å². The fourth-order valence-electron chi connectivity index (χ4n) is 2.79. The zero-order valence-electron chi connectivity index (χ0n) is 12.0. The van der Waals surface area contributed by atoms with Crippen LogP contribution in [0.25, 0.3) is 16.7 Å². The van der Waals surface area contributed by atoms with Crippen LogP contribution in [-0.4, -0.2) is 19.3 Å². The molecule has 1 N–H and O–H groups in total. The molecule has 1 aliphatic rings. The Bertz CT molecular complexity index is 1120. The highest BCUT2D eigenvalue weighted by Crippen LogP contribution is 2.32. The molecule has 1 aromatic carbocycles. The Morgan fingerprint density at radius 3 is 2.83 bits per heavy atom. The molecular formula is C15H9F3N4OS. The Hall–Kier alpha value is -2.68. The quantitative estimate of drug-likeness (QED) is 0.686. The Labute approximate surface area is 137 Å². The number of aromatic amines is 1. The fourth-order valence-corrected chi connectivity index (χ4v) is 3.05. The Balaban J connectivity index is 1.95. The lowest BCUT2D eigenvalue weighted by molar-refractivity contribution is -0.137. The lowest BCUT2D eigenvalue weighted by Crippen LogP contribution is -2.19. The maximum Gasteiger partial charge on any atom is 0.416 e. The van der Waals surface area contributed by atoms with E-state index in [4.69, 9.17) is 12.2 Å². The number of allylic oxidation sites excluding steroid dienone is 1. The van der Waals surface area contributed by atoms with Crippen LogP contribution in [0.3, 0.4) is 0 Å². The molecule has 2 aromatic heterocycles. The van der Waals surface area contributed by atoms with Gasteiger partial charge in [0.25, 0.3) is 5.56 Å². The molecule has 122 valence electrons. The third kappa shape index (κ3) is 2.12. The van der Waals surface area contributed by atoms with Crippen molar-refractivity contribution in [3.8, 4) is 0 Å². The summed E-state index contributed by atoms with van der Waals surface area (Å²) < 4.78 is 42.2. The Morgan fingerprint density at radius 2 is 2.08 bits per heavy atom. The van der Waals surface area contributed by atoms with Gasteiger partial charge >= 0.3 is 6.18 Å². The second-order valence-electron chi connectivity index (χ2n) is 5.33. The largest absolute Gasteiger partial charge is 0.416 e. The van der Waals surface area contributed by atoms with Gasteiger partial charge in [-0.2, -0.15) is 18.3 Å². The number of hydrogen-bond donors (Lipinski definition) is 1. The van der Waals surface area contributed by atoms with Gasteiger partial charge < -0.3 is 0 Å². The number of alkyl halides is 3. The molecule has 0 aliphatic carbocycles. The number of nitrogens with zero attached hydrogens (tertiary/aromatic N) is 3. The van der Waals surface area contributed by atoms with E-state index in [9.17, 15) is 18.0 Å². The van der Waals surface area contributed by atoms with Gasteiger partial charge in [-0.05, 0) is 30.4 Å². The van der Waals surface area contributed by atoms with Gasteiger partial charge in [0.05, 0.1) is 17.5 Å². The number of aromatic nitrogens is 4. The van der Waals surface area contributed by atoms with Crippen molar-refractivity contribution in [2.75, 3.05) is 0 Å². The average molecular weight is 350 g/mol. The maximum atomic E-state index is 12.9. The molecule has 0 saturated heterocycles. The van der Waals surface area contributed by atoms with E-state index >= 15 is 0 Å². The SMILES string of the molecule is O=c1[nH]c(=S)n2c3c1cnn3C(c1cccc(C(F)(F)F)c1)=CC2. The monoisotopic (exact) mass is 350 g/mol. The van der Waals surface area contributed by atoms with E-state index in [1.165, 1.54) is 16.9 Å². The van der Waals surface area contributed by atoms with Crippen LogP contribution in [0, 0.1) is 4.77 Å². The highest BCUT2D eigenvalue weighted by atomic mass is 32.1. The second-order valence-corrected chi connectivity index (χ2v) is 5.72. The first kappa shape index (κ1) is 14.9. The molecule has 0 saturated carbocycles. The minimum atomic E-state index is -4.43. The third-order valence-electron chi connectivity index (χ3n) is 3.89. The number of rotatable bonds is 1. The predicted molar refractivity (Wildman–Crippen MR) is 84.0 cm³/mol. The fraction of sp³-hybridized carbons (Fsp3) is 0.133. The van der Waals surface area contributed by atoms with Gasteiger partial charge in [0, 0.05) is 12.1 Å². The number of benzene rings is 1. The summed E-state index contributed by atoms with van der Waals surface area (Å²) in [6, 6.07) is 5.00. The summed E-state index contributed by atoms with van der Waals surface area (Å²) in [6.07, 6.45) is -1.32. The highest BCUT2D eigenvalue weighted by Gasteiger charge is 2.31. The van der Waals surface area contributed by atoms with Gasteiger partial charge in [-0.25, -0.2) is 4.68 Å². The van der Waals surface area contributed by atoms with E-state index in [1.807, 2.05) is 0 Å². The van der Waals surface area contributed by atoms with Crippen LogP contribution in [0.15, 0.2) is 41.3 Å². The minimum absolute atomic E-state index is 0.244. The van der Waals surface area contributed by atoms with Gasteiger partial charge in [-0.1, -0.05) is 12.1 Å². The van der Waals surface area contributed by atoms with E-state index < -0.39 is 11.7 Å². The van der Waals surface area contributed by atoms with Gasteiger partial charge in [-0.3, -0.25) is 14.3 Å². The predicted octanol–water partition coefficient (Wildman–Crippen LogP) is 3.18. The van der Waals surface area contributed by atoms with Crippen LogP contribution in [0.2, 0.25) is 0 Å². The van der Waals surface area contributed by atoms with Crippen molar-refractivity contribution < 1.29 is 13.2 Å². The first-order valence-corrected chi connectivity index (χ1v) is 7.36. The molecule has 1 aliphatic heterocycles. The first-order valence-electron chi connectivity index (χ1n) is 6.95. The number of H-pyrrole nitrogens is 1. The lowest BCUT2D eigenvalue weighted by Gasteiger charge is -2.19. The molecule has 5 nitrogen and oxygen atoms in total. The molecule has 0 radical (unpaired) electrons. The lowest BCUT2D eigenvalue weighted by atomic mass is 10.1. The molecule has 0 atom stereocenters. The van der Waals surface area contributed by atoms with Crippen molar-refractivity contribution in [3.05, 3.63) is 62.8 Å². The normalized spacial score (nSPS) is 14.0. The summed E-state index contributed by atoms with van der Waals surface area (Å²) in [4.78, 5) is 14.5. The standard InChI is InChI=1S/C15H9F3N4OS/c16-15(17,18)9-3-1-2-8(6-9)11-4-5-21-13-10(7-19-22(11)13)12(23)20-14(21)24/h1-4,6-7H,5H2,(H,20,23,24). The van der Waals surface area contributed by atoms with E-state index in [2.05, 4.69) is 10.1 Å². The molecule has 24 heavy (non-hydrogen) atoms. The molecule has 0 spiro atoms. The van der Waals surface area contributed by atoms with Crippen molar-refractivity contribution in [1.29, 1.82) is 0 Å². The van der Waals surface area contributed by atoms with Gasteiger partial charge in [-0.15, -0.1) is 0 Å². The Kier molecular flexibility index (Phi) is 3.04. The summed E-state index contributed by atoms with van der Waals surface area (Å²) in [7, 11) is 0. The number of nitrogens with one attached hydrogen (secondary N) is 1. The van der Waals surface area contributed by atoms with E-state index in [-0.39, 0.29) is 10.3 Å². The highest BCUT2D eigenvalue weighted by molar-refractivity contribution is 7.71. The molecule has 3 heterocycles. The van der Waals surface area contributed by atoms with Crippen molar-refractivity contribution in [2.45, 2.75) is 12.7 Å². The average Bonchev–Trinajstić information content (AvgIpc) is 2.97. The van der Waals surface area contributed by atoms with Crippen molar-refractivity contribution in [3.63, 3.8) is 0 Å². The van der Waals surface area contributed by atoms with Gasteiger partial charge in [0.2, 0.25) is 0 Å². The molecule has 0 bridgehead atoms. The van der Waals surface area contributed by atoms with Gasteiger partial charge in [0.15, 0.2) is 10.4 Å². The van der Waals surface area contributed by atoms with Crippen LogP contribution >= 0.6 is 12.2 Å². The van der Waals surface area contributed by atoms with Crippen LogP contribution < -0.4 is 5.56 Å². The van der Waals surface area contributed by atoms with Crippen molar-refractivity contribution in [1.82, 2.24) is 19.3 Å². The summed E-state index contributed by atoms with van der Waals surface area (Å²) in [5, 5.41) is 4.49. The minimum Gasteiger partial charge on any atom is -0.298 e. The van der Waals surface area contributed by atoms with Crippen LogP contribution in [0.4, 0.5) is 13.2 Å². The van der Waals surface area contributed by atoms with E-state index in [0.717, 1.165) is 12.1 Å². The van der Waals surface area contributed by atoms with Gasteiger partial charge in [0.1, 0.15) is 5.39 Å². The van der Waals surface area contributed by atoms with Crippen LogP contribution in [0.5, 0.6) is 0 Å². The number of hydrogen-bond acceptors (Lipinski definition) is 3. The topological polar surface area (TPSA) is 55.6 Å². The molecule has 0 amide bonds. The summed E-state index contributed by atoms with van der Waals surface area (Å²) >= 11 is 5.14. The smallest absolute Gasteiger partial charge is 0.298 e. The molecule has 0 unspecified atom stereocenters. The number of halogens is 3. The van der Waals surface area contributed by atoms with Crippen LogP contribution in [-0.2, 0) is 12.7 Å². The molecule has 4 rings (SSSR count). The molecule has 9 heteroatoms. The summed E-state index contributed by atoms with van der Waals surface area (Å²) in [5.74, 6) is 0. The summed E-state index contributed by atoms with van der Waals surface area (Å²) in [6.45, 7) is 0.337. The first-order chi connectivity index (χ1) is 11.4. The Morgan fingerprint density at radius 1 is 1.29 bits per heavy atom. The third-order valence-corrected chi connectivity index (χ3v) is 4.21. The maximum absolute atomic E-state index is 12.9.